The molecule has 0 unspecified atom stereocenters. The minimum absolute atomic E-state index is 0.0833. The second-order valence-electron chi connectivity index (χ2n) is 5.07. The standard InChI is InChI=1S/C18H19FN2O4/c1-3-20-17(22)11-25-14-7-5-13(6-8-14)21-18(23)15-10-12(19)4-9-16(15)24-2/h4-10H,3,11H2,1-2H3,(H,20,22)(H,21,23). The third-order valence-electron chi connectivity index (χ3n) is 3.26. The smallest absolute Gasteiger partial charge is 0.259 e. The molecule has 2 N–H and O–H groups in total. The van der Waals surface area contributed by atoms with Crippen LogP contribution < -0.4 is 20.1 Å². The first kappa shape index (κ1) is 18.3. The molecule has 2 aromatic rings. The number of rotatable bonds is 7. The Morgan fingerprint density at radius 1 is 1.12 bits per heavy atom. The quantitative estimate of drug-likeness (QED) is 0.808. The topological polar surface area (TPSA) is 76.7 Å². The molecule has 0 aliphatic carbocycles. The SMILES string of the molecule is CCNC(=O)COc1ccc(NC(=O)c2cc(F)ccc2OC)cc1. The van der Waals surface area contributed by atoms with Gasteiger partial charge < -0.3 is 20.1 Å². The summed E-state index contributed by atoms with van der Waals surface area (Å²) in [6.45, 7) is 2.28. The molecule has 0 aromatic heterocycles. The van der Waals surface area contributed by atoms with E-state index in [4.69, 9.17) is 9.47 Å². The van der Waals surface area contributed by atoms with Crippen molar-refractivity contribution in [3.8, 4) is 11.5 Å². The van der Waals surface area contributed by atoms with Gasteiger partial charge >= 0.3 is 0 Å². The van der Waals surface area contributed by atoms with Crippen LogP contribution in [0.1, 0.15) is 17.3 Å². The zero-order chi connectivity index (χ0) is 18.2. The van der Waals surface area contributed by atoms with Crippen molar-refractivity contribution in [1.82, 2.24) is 5.32 Å². The number of hydrogen-bond donors (Lipinski definition) is 2. The van der Waals surface area contributed by atoms with Crippen LogP contribution in [0.3, 0.4) is 0 Å². The number of likely N-dealkylation sites (N-methyl/N-ethyl adjacent to an activating group) is 1. The maximum absolute atomic E-state index is 13.4. The van der Waals surface area contributed by atoms with E-state index in [9.17, 15) is 14.0 Å². The highest BCUT2D eigenvalue weighted by Gasteiger charge is 2.13. The van der Waals surface area contributed by atoms with E-state index in [2.05, 4.69) is 10.6 Å². The average molecular weight is 346 g/mol. The van der Waals surface area contributed by atoms with Crippen molar-refractivity contribution in [2.24, 2.45) is 0 Å². The molecule has 0 saturated heterocycles. The fraction of sp³-hybridized carbons (Fsp3) is 0.222. The summed E-state index contributed by atoms with van der Waals surface area (Å²) in [7, 11) is 1.41. The van der Waals surface area contributed by atoms with E-state index >= 15 is 0 Å². The van der Waals surface area contributed by atoms with Gasteiger partial charge in [-0.15, -0.1) is 0 Å². The summed E-state index contributed by atoms with van der Waals surface area (Å²) in [4.78, 5) is 23.6. The number of carbonyl (C=O) groups excluding carboxylic acids is 2. The number of methoxy groups -OCH3 is 1. The van der Waals surface area contributed by atoms with Gasteiger partial charge in [0.05, 0.1) is 12.7 Å². The lowest BCUT2D eigenvalue weighted by Gasteiger charge is -2.10. The first-order chi connectivity index (χ1) is 12.0. The van der Waals surface area contributed by atoms with Crippen molar-refractivity contribution < 1.29 is 23.5 Å². The number of carbonyl (C=O) groups is 2. The molecule has 2 rings (SSSR count). The first-order valence-corrected chi connectivity index (χ1v) is 7.68. The van der Waals surface area contributed by atoms with Gasteiger partial charge in [0.25, 0.3) is 11.8 Å². The summed E-state index contributed by atoms with van der Waals surface area (Å²) < 4.78 is 23.7. The maximum atomic E-state index is 13.4. The number of benzene rings is 2. The third kappa shape index (κ3) is 5.20. The molecular weight excluding hydrogens is 327 g/mol. The largest absolute Gasteiger partial charge is 0.496 e. The third-order valence-corrected chi connectivity index (χ3v) is 3.26. The first-order valence-electron chi connectivity index (χ1n) is 7.68. The van der Waals surface area contributed by atoms with Crippen LogP contribution in [0.2, 0.25) is 0 Å². The van der Waals surface area contributed by atoms with Gasteiger partial charge in [0.2, 0.25) is 0 Å². The van der Waals surface area contributed by atoms with E-state index in [1.807, 2.05) is 6.92 Å². The minimum atomic E-state index is -0.528. The Bertz CT molecular complexity index is 747. The molecule has 0 saturated carbocycles. The van der Waals surface area contributed by atoms with Crippen molar-refractivity contribution in [3.63, 3.8) is 0 Å². The highest BCUT2D eigenvalue weighted by molar-refractivity contribution is 6.06. The molecule has 0 fully saturated rings. The lowest BCUT2D eigenvalue weighted by atomic mass is 10.1. The summed E-state index contributed by atoms with van der Waals surface area (Å²) in [5, 5.41) is 5.28. The average Bonchev–Trinajstić information content (AvgIpc) is 2.61. The van der Waals surface area contributed by atoms with Crippen LogP contribution >= 0.6 is 0 Å². The van der Waals surface area contributed by atoms with Gasteiger partial charge in [-0.25, -0.2) is 4.39 Å². The molecule has 7 heteroatoms. The van der Waals surface area contributed by atoms with E-state index in [0.717, 1.165) is 6.07 Å². The Morgan fingerprint density at radius 3 is 2.48 bits per heavy atom. The van der Waals surface area contributed by atoms with E-state index < -0.39 is 11.7 Å². The molecule has 0 atom stereocenters. The van der Waals surface area contributed by atoms with Gasteiger partial charge in [-0.2, -0.15) is 0 Å². The van der Waals surface area contributed by atoms with Crippen molar-refractivity contribution in [2.45, 2.75) is 6.92 Å². The summed E-state index contributed by atoms with van der Waals surface area (Å²) >= 11 is 0. The van der Waals surface area contributed by atoms with Crippen molar-refractivity contribution >= 4 is 17.5 Å². The fourth-order valence-electron chi connectivity index (χ4n) is 2.09. The number of nitrogens with one attached hydrogen (secondary N) is 2. The molecule has 0 spiro atoms. The van der Waals surface area contributed by atoms with Crippen LogP contribution in [0.15, 0.2) is 42.5 Å². The summed E-state index contributed by atoms with van der Waals surface area (Å²) in [6.07, 6.45) is 0. The Balaban J connectivity index is 2.00. The van der Waals surface area contributed by atoms with Crippen molar-refractivity contribution in [3.05, 3.63) is 53.8 Å². The maximum Gasteiger partial charge on any atom is 0.259 e. The second kappa shape index (κ2) is 8.68. The Labute approximate surface area is 144 Å². The Kier molecular flexibility index (Phi) is 6.33. The van der Waals surface area contributed by atoms with Crippen LogP contribution in [-0.4, -0.2) is 32.1 Å². The lowest BCUT2D eigenvalue weighted by Crippen LogP contribution is -2.28. The predicted octanol–water partition coefficient (Wildman–Crippen LogP) is 2.60. The van der Waals surface area contributed by atoms with Crippen LogP contribution in [0.4, 0.5) is 10.1 Å². The van der Waals surface area contributed by atoms with Crippen LogP contribution in [0.25, 0.3) is 0 Å². The second-order valence-corrected chi connectivity index (χ2v) is 5.07. The normalized spacial score (nSPS) is 10.0. The van der Waals surface area contributed by atoms with Crippen LogP contribution in [-0.2, 0) is 4.79 Å². The van der Waals surface area contributed by atoms with Gasteiger partial charge in [-0.1, -0.05) is 0 Å². The number of ether oxygens (including phenoxy) is 2. The molecule has 6 nitrogen and oxygen atoms in total. The zero-order valence-electron chi connectivity index (χ0n) is 14.0. The van der Waals surface area contributed by atoms with E-state index in [1.54, 1.807) is 24.3 Å². The van der Waals surface area contributed by atoms with Gasteiger partial charge in [-0.05, 0) is 49.4 Å². The molecule has 2 aromatic carbocycles. The number of amides is 2. The summed E-state index contributed by atoms with van der Waals surface area (Å²) in [6, 6.07) is 10.2. The van der Waals surface area contributed by atoms with Gasteiger partial charge in [0, 0.05) is 12.2 Å². The molecule has 0 heterocycles. The van der Waals surface area contributed by atoms with Crippen molar-refractivity contribution in [2.75, 3.05) is 25.6 Å². The molecule has 0 bridgehead atoms. The van der Waals surface area contributed by atoms with E-state index in [-0.39, 0.29) is 23.8 Å². The molecule has 0 aliphatic heterocycles. The monoisotopic (exact) mass is 346 g/mol. The minimum Gasteiger partial charge on any atom is -0.496 e. The Hall–Kier alpha value is -3.09. The fourth-order valence-corrected chi connectivity index (χ4v) is 2.09. The van der Waals surface area contributed by atoms with Crippen LogP contribution in [0.5, 0.6) is 11.5 Å². The number of halogens is 1. The van der Waals surface area contributed by atoms with Gasteiger partial charge in [0.15, 0.2) is 6.61 Å². The predicted molar refractivity (Wildman–Crippen MR) is 91.5 cm³/mol. The molecule has 132 valence electrons. The zero-order valence-corrected chi connectivity index (χ0v) is 14.0. The molecule has 0 radical (unpaired) electrons. The lowest BCUT2D eigenvalue weighted by molar-refractivity contribution is -0.122. The molecule has 25 heavy (non-hydrogen) atoms. The molecular formula is C18H19FN2O4. The molecule has 0 aliphatic rings. The van der Waals surface area contributed by atoms with Gasteiger partial charge in [-0.3, -0.25) is 9.59 Å². The van der Waals surface area contributed by atoms with E-state index in [0.29, 0.717) is 18.0 Å². The number of hydrogen-bond acceptors (Lipinski definition) is 4. The highest BCUT2D eigenvalue weighted by atomic mass is 19.1. The highest BCUT2D eigenvalue weighted by Crippen LogP contribution is 2.22. The van der Waals surface area contributed by atoms with Gasteiger partial charge in [0.1, 0.15) is 17.3 Å². The van der Waals surface area contributed by atoms with E-state index in [1.165, 1.54) is 19.2 Å². The molecule has 2 amide bonds. The number of anilines is 1. The van der Waals surface area contributed by atoms with Crippen LogP contribution in [0, 0.1) is 5.82 Å². The Morgan fingerprint density at radius 2 is 1.84 bits per heavy atom. The summed E-state index contributed by atoms with van der Waals surface area (Å²) in [5.74, 6) is -0.459. The summed E-state index contributed by atoms with van der Waals surface area (Å²) in [5.41, 5.74) is 0.598. The van der Waals surface area contributed by atoms with Crippen molar-refractivity contribution in [1.29, 1.82) is 0 Å².